The van der Waals surface area contributed by atoms with Gasteiger partial charge in [0, 0.05) is 19.5 Å². The van der Waals surface area contributed by atoms with E-state index in [0.29, 0.717) is 13.0 Å². The number of nitrogens with zero attached hydrogens (tertiary/aromatic N) is 2. The summed E-state index contributed by atoms with van der Waals surface area (Å²) in [5.74, 6) is -3.72. The number of halogens is 6. The number of hydrogen-bond acceptors (Lipinski definition) is 3. The summed E-state index contributed by atoms with van der Waals surface area (Å²) in [4.78, 5) is 3.45. The molecule has 154 valence electrons. The fraction of sp³-hybridized carbons (Fsp3) is 0.353. The third-order valence-corrected chi connectivity index (χ3v) is 6.19. The summed E-state index contributed by atoms with van der Waals surface area (Å²) in [7, 11) is -2.62. The first-order valence-electron chi connectivity index (χ1n) is 7.90. The highest BCUT2D eigenvalue weighted by molar-refractivity contribution is 7.91. The molecule has 0 spiro atoms. The normalized spacial score (nSPS) is 13.8. The second-order valence-corrected chi connectivity index (χ2v) is 8.71. The van der Waals surface area contributed by atoms with Gasteiger partial charge in [-0.05, 0) is 24.3 Å². The Labute approximate surface area is 163 Å². The second kappa shape index (κ2) is 7.47. The molecule has 11 heteroatoms. The van der Waals surface area contributed by atoms with E-state index in [1.165, 1.54) is 24.7 Å². The number of rotatable bonds is 5. The minimum Gasteiger partial charge on any atom is -0.328 e. The van der Waals surface area contributed by atoms with Crippen LogP contribution in [-0.4, -0.2) is 29.6 Å². The monoisotopic (exact) mass is 442 g/mol. The van der Waals surface area contributed by atoms with Gasteiger partial charge in [0.15, 0.2) is 9.84 Å². The average molecular weight is 443 g/mol. The van der Waals surface area contributed by atoms with Gasteiger partial charge in [-0.1, -0.05) is 18.5 Å². The fourth-order valence-electron chi connectivity index (χ4n) is 2.36. The maximum absolute atomic E-state index is 13.3. The molecule has 1 heterocycles. The highest BCUT2D eigenvalue weighted by atomic mass is 35.5. The molecule has 28 heavy (non-hydrogen) atoms. The number of allylic oxidation sites excluding steroid dienone is 1. The smallest absolute Gasteiger partial charge is 0.328 e. The van der Waals surface area contributed by atoms with Crippen molar-refractivity contribution in [3.05, 3.63) is 40.7 Å². The Morgan fingerprint density at radius 2 is 1.86 bits per heavy atom. The highest BCUT2D eigenvalue weighted by Crippen LogP contribution is 2.36. The van der Waals surface area contributed by atoms with Gasteiger partial charge in [-0.25, -0.2) is 22.2 Å². The van der Waals surface area contributed by atoms with Crippen molar-refractivity contribution in [3.8, 4) is 11.4 Å². The first-order chi connectivity index (χ1) is 12.7. The van der Waals surface area contributed by atoms with Crippen molar-refractivity contribution >= 4 is 27.5 Å². The Hall–Kier alpha value is -1.94. The number of benzene rings is 1. The Balaban J connectivity index is 2.70. The number of sulfone groups is 1. The summed E-state index contributed by atoms with van der Waals surface area (Å²) in [6, 6.07) is 2.28. The second-order valence-electron chi connectivity index (χ2n) is 6.06. The van der Waals surface area contributed by atoms with Gasteiger partial charge in [0.25, 0.3) is 5.92 Å². The van der Waals surface area contributed by atoms with Crippen LogP contribution >= 0.6 is 11.6 Å². The topological polar surface area (TPSA) is 52.0 Å². The SMILES string of the molecule is CCS(=O)(=O)c1cc(C(F)(F)F)ccc1-c1ncc(/C=C(\Cl)C(C)(F)F)n1C. The molecular formula is C17H16ClF5N2O2S. The van der Waals surface area contributed by atoms with Crippen molar-refractivity contribution in [2.75, 3.05) is 5.75 Å². The fourth-order valence-corrected chi connectivity index (χ4v) is 3.58. The van der Waals surface area contributed by atoms with E-state index in [9.17, 15) is 30.4 Å². The van der Waals surface area contributed by atoms with Crippen molar-refractivity contribution < 1.29 is 30.4 Å². The van der Waals surface area contributed by atoms with E-state index in [4.69, 9.17) is 11.6 Å². The lowest BCUT2D eigenvalue weighted by Crippen LogP contribution is -2.12. The molecule has 0 bridgehead atoms. The number of imidazole rings is 1. The number of aromatic nitrogens is 2. The molecule has 0 saturated carbocycles. The molecule has 0 atom stereocenters. The molecular weight excluding hydrogens is 427 g/mol. The molecule has 2 rings (SSSR count). The largest absolute Gasteiger partial charge is 0.416 e. The lowest BCUT2D eigenvalue weighted by atomic mass is 10.1. The van der Waals surface area contributed by atoms with E-state index in [0.717, 1.165) is 18.2 Å². The van der Waals surface area contributed by atoms with Crippen LogP contribution in [0.15, 0.2) is 34.3 Å². The molecule has 0 amide bonds. The summed E-state index contributed by atoms with van der Waals surface area (Å²) < 4.78 is 91.6. The molecule has 1 aromatic carbocycles. The van der Waals surface area contributed by atoms with Crippen molar-refractivity contribution in [2.24, 2.45) is 7.05 Å². The van der Waals surface area contributed by atoms with E-state index < -0.39 is 43.2 Å². The lowest BCUT2D eigenvalue weighted by Gasteiger charge is -2.14. The standard InChI is InChI=1S/C17H16ClF5N2O2S/c1-4-28(26,27)13-7-10(17(21,22)23)5-6-12(13)15-24-9-11(25(15)3)8-14(18)16(2,19)20/h5-9H,4H2,1-3H3/b14-8-. The number of hydrogen-bond donors (Lipinski definition) is 0. The van der Waals surface area contributed by atoms with E-state index in [-0.39, 0.29) is 17.1 Å². The lowest BCUT2D eigenvalue weighted by molar-refractivity contribution is -0.137. The van der Waals surface area contributed by atoms with E-state index in [1.54, 1.807) is 0 Å². The quantitative estimate of drug-likeness (QED) is 0.603. The zero-order chi connectivity index (χ0) is 21.5. The third-order valence-electron chi connectivity index (χ3n) is 3.98. The van der Waals surface area contributed by atoms with Crippen LogP contribution in [0.3, 0.4) is 0 Å². The molecule has 0 fully saturated rings. The molecule has 0 N–H and O–H groups in total. The minimum atomic E-state index is -4.73. The van der Waals surface area contributed by atoms with Gasteiger partial charge in [0.2, 0.25) is 0 Å². The first-order valence-corrected chi connectivity index (χ1v) is 9.93. The summed E-state index contributed by atoms with van der Waals surface area (Å²) in [6.45, 7) is 1.90. The van der Waals surface area contributed by atoms with Crippen molar-refractivity contribution in [1.82, 2.24) is 9.55 Å². The van der Waals surface area contributed by atoms with Gasteiger partial charge in [0.05, 0.1) is 33.1 Å². The zero-order valence-electron chi connectivity index (χ0n) is 15.0. The van der Waals surface area contributed by atoms with E-state index in [1.807, 2.05) is 0 Å². The molecule has 2 aromatic rings. The Morgan fingerprint density at radius 3 is 2.36 bits per heavy atom. The third kappa shape index (κ3) is 4.54. The highest BCUT2D eigenvalue weighted by Gasteiger charge is 2.33. The maximum Gasteiger partial charge on any atom is 0.416 e. The van der Waals surface area contributed by atoms with Crippen LogP contribution in [0.25, 0.3) is 17.5 Å². The van der Waals surface area contributed by atoms with Crippen molar-refractivity contribution in [1.29, 1.82) is 0 Å². The van der Waals surface area contributed by atoms with Crippen LogP contribution in [0.4, 0.5) is 22.0 Å². The Bertz CT molecular complexity index is 1020. The van der Waals surface area contributed by atoms with Crippen molar-refractivity contribution in [3.63, 3.8) is 0 Å². The van der Waals surface area contributed by atoms with E-state index in [2.05, 4.69) is 4.98 Å². The van der Waals surface area contributed by atoms with Gasteiger partial charge in [0.1, 0.15) is 5.82 Å². The minimum absolute atomic E-state index is 0.00381. The summed E-state index contributed by atoms with van der Waals surface area (Å²) in [5.41, 5.74) is -1.07. The van der Waals surface area contributed by atoms with Crippen LogP contribution in [0.2, 0.25) is 0 Å². The number of alkyl halides is 5. The van der Waals surface area contributed by atoms with Gasteiger partial charge in [-0.2, -0.15) is 13.2 Å². The van der Waals surface area contributed by atoms with Crippen LogP contribution < -0.4 is 0 Å². The molecule has 1 aromatic heterocycles. The summed E-state index contributed by atoms with van der Waals surface area (Å²) in [6.07, 6.45) is -2.61. The van der Waals surface area contributed by atoms with Crippen LogP contribution in [0, 0.1) is 0 Å². The van der Waals surface area contributed by atoms with Gasteiger partial charge in [-0.15, -0.1) is 0 Å². The Kier molecular flexibility index (Phi) is 5.96. The molecule has 0 saturated heterocycles. The molecule has 0 radical (unpaired) electrons. The predicted octanol–water partition coefficient (Wildman–Crippen LogP) is 5.13. The molecule has 0 aliphatic rings. The molecule has 0 aliphatic carbocycles. The van der Waals surface area contributed by atoms with Gasteiger partial charge < -0.3 is 4.57 Å². The van der Waals surface area contributed by atoms with Gasteiger partial charge >= 0.3 is 6.18 Å². The first kappa shape index (κ1) is 22.4. The van der Waals surface area contributed by atoms with Crippen LogP contribution in [0.1, 0.15) is 25.1 Å². The zero-order valence-corrected chi connectivity index (χ0v) is 16.6. The van der Waals surface area contributed by atoms with E-state index >= 15 is 0 Å². The predicted molar refractivity (Wildman–Crippen MR) is 95.8 cm³/mol. The Morgan fingerprint density at radius 1 is 1.25 bits per heavy atom. The molecule has 0 unspecified atom stereocenters. The maximum atomic E-state index is 13.3. The summed E-state index contributed by atoms with van der Waals surface area (Å²) in [5, 5.41) is -0.768. The van der Waals surface area contributed by atoms with Crippen LogP contribution in [-0.2, 0) is 23.1 Å². The van der Waals surface area contributed by atoms with Gasteiger partial charge in [-0.3, -0.25) is 0 Å². The van der Waals surface area contributed by atoms with Crippen molar-refractivity contribution in [2.45, 2.75) is 30.8 Å². The average Bonchev–Trinajstić information content (AvgIpc) is 2.93. The summed E-state index contributed by atoms with van der Waals surface area (Å²) >= 11 is 5.57. The molecule has 4 nitrogen and oxygen atoms in total. The molecule has 0 aliphatic heterocycles. The van der Waals surface area contributed by atoms with Crippen LogP contribution in [0.5, 0.6) is 0 Å².